The summed E-state index contributed by atoms with van der Waals surface area (Å²) in [6.45, 7) is 3.91. The Balaban J connectivity index is 1.76. The van der Waals surface area contributed by atoms with E-state index in [9.17, 15) is 9.18 Å². The third-order valence-corrected chi connectivity index (χ3v) is 5.68. The van der Waals surface area contributed by atoms with Crippen molar-refractivity contribution in [3.8, 4) is 10.6 Å². The Kier molecular flexibility index (Phi) is 5.36. The van der Waals surface area contributed by atoms with E-state index in [0.29, 0.717) is 22.0 Å². The first-order valence-corrected chi connectivity index (χ1v) is 9.22. The summed E-state index contributed by atoms with van der Waals surface area (Å²) in [6, 6.07) is 7.02. The highest BCUT2D eigenvalue weighted by Crippen LogP contribution is 2.43. The number of hydrogen-bond donors (Lipinski definition) is 3. The van der Waals surface area contributed by atoms with Crippen LogP contribution in [-0.2, 0) is 0 Å². The van der Waals surface area contributed by atoms with Crippen LogP contribution in [0.25, 0.3) is 10.6 Å². The predicted molar refractivity (Wildman–Crippen MR) is 106 cm³/mol. The fraction of sp³-hybridized carbons (Fsp3) is 0.211. The Hall–Kier alpha value is -3.00. The fourth-order valence-corrected chi connectivity index (χ4v) is 3.71. The number of halogens is 1. The monoisotopic (exact) mass is 385 g/mol. The molecule has 3 rings (SSSR count). The van der Waals surface area contributed by atoms with Crippen LogP contribution in [0.15, 0.2) is 60.6 Å². The van der Waals surface area contributed by atoms with Gasteiger partial charge in [-0.15, -0.1) is 21.5 Å². The second kappa shape index (κ2) is 7.71. The molecule has 5 N–H and O–H groups in total. The highest BCUT2D eigenvalue weighted by molar-refractivity contribution is 7.17. The number of anilines is 1. The molecule has 0 atom stereocenters. The lowest BCUT2D eigenvalue weighted by Crippen LogP contribution is -2.47. The number of amides is 1. The standard InChI is InChI=1S/C19H20FN5OS/c1-12(13(20)4-2-11-21)19(9-3-10-19)23-17-8-5-14(24-25-17)15-6-7-16(27-15)18(22)26/h2,4-8,11H,1,3,9-10,21H2,(H2,22,26)(H,23,25)/b11-2-,13-4+. The summed E-state index contributed by atoms with van der Waals surface area (Å²) >= 11 is 1.26. The van der Waals surface area contributed by atoms with Crippen molar-refractivity contribution >= 4 is 23.1 Å². The molecule has 1 saturated carbocycles. The Labute approximate surface area is 160 Å². The summed E-state index contributed by atoms with van der Waals surface area (Å²) in [4.78, 5) is 12.5. The third-order valence-electron chi connectivity index (χ3n) is 4.56. The van der Waals surface area contributed by atoms with E-state index in [1.54, 1.807) is 24.3 Å². The van der Waals surface area contributed by atoms with Crippen molar-refractivity contribution in [3.63, 3.8) is 0 Å². The maximum Gasteiger partial charge on any atom is 0.258 e. The maximum absolute atomic E-state index is 14.3. The average Bonchev–Trinajstić information content (AvgIpc) is 3.13. The number of rotatable bonds is 7. The minimum absolute atomic E-state index is 0.377. The molecular weight excluding hydrogens is 365 g/mol. The number of nitrogens with two attached hydrogens (primary N) is 2. The number of primary amides is 1. The van der Waals surface area contributed by atoms with E-state index >= 15 is 0 Å². The van der Waals surface area contributed by atoms with Gasteiger partial charge in [0.2, 0.25) is 0 Å². The van der Waals surface area contributed by atoms with Gasteiger partial charge in [0, 0.05) is 5.57 Å². The van der Waals surface area contributed by atoms with Crippen molar-refractivity contribution in [1.29, 1.82) is 0 Å². The first-order valence-electron chi connectivity index (χ1n) is 8.41. The molecular formula is C19H20FN5OS. The number of allylic oxidation sites excluding steroid dienone is 2. The minimum atomic E-state index is -0.568. The van der Waals surface area contributed by atoms with Crippen molar-refractivity contribution in [1.82, 2.24) is 10.2 Å². The van der Waals surface area contributed by atoms with Crippen LogP contribution < -0.4 is 16.8 Å². The smallest absolute Gasteiger partial charge is 0.258 e. The lowest BCUT2D eigenvalue weighted by atomic mass is 9.71. The van der Waals surface area contributed by atoms with E-state index in [1.807, 2.05) is 0 Å². The van der Waals surface area contributed by atoms with Gasteiger partial charge >= 0.3 is 0 Å². The molecule has 8 heteroatoms. The van der Waals surface area contributed by atoms with Crippen molar-refractivity contribution in [2.45, 2.75) is 24.8 Å². The van der Waals surface area contributed by atoms with E-state index in [1.165, 1.54) is 29.7 Å². The van der Waals surface area contributed by atoms with Gasteiger partial charge in [-0.2, -0.15) is 0 Å². The van der Waals surface area contributed by atoms with Crippen LogP contribution in [0.5, 0.6) is 0 Å². The van der Waals surface area contributed by atoms with Crippen LogP contribution in [0, 0.1) is 0 Å². The largest absolute Gasteiger partial charge is 0.405 e. The number of nitrogens with one attached hydrogen (secondary N) is 1. The lowest BCUT2D eigenvalue weighted by Gasteiger charge is -2.44. The lowest BCUT2D eigenvalue weighted by molar-refractivity contribution is 0.100. The van der Waals surface area contributed by atoms with E-state index in [4.69, 9.17) is 11.5 Å². The Morgan fingerprint density at radius 1 is 1.30 bits per heavy atom. The summed E-state index contributed by atoms with van der Waals surface area (Å²) in [6.07, 6.45) is 6.50. The van der Waals surface area contributed by atoms with Gasteiger partial charge in [-0.05, 0) is 61.9 Å². The average molecular weight is 385 g/mol. The van der Waals surface area contributed by atoms with Gasteiger partial charge in [0.1, 0.15) is 17.3 Å². The highest BCUT2D eigenvalue weighted by atomic mass is 32.1. The molecule has 1 aliphatic carbocycles. The van der Waals surface area contributed by atoms with Crippen LogP contribution in [-0.4, -0.2) is 21.6 Å². The molecule has 2 aromatic rings. The molecule has 0 saturated heterocycles. The number of nitrogens with zero attached hydrogens (tertiary/aromatic N) is 2. The summed E-state index contributed by atoms with van der Waals surface area (Å²) in [5.41, 5.74) is 11.0. The number of hydrogen-bond acceptors (Lipinski definition) is 6. The van der Waals surface area contributed by atoms with Crippen LogP contribution in [0.3, 0.4) is 0 Å². The van der Waals surface area contributed by atoms with Crippen molar-refractivity contribution in [2.24, 2.45) is 11.5 Å². The Bertz CT molecular complexity index is 912. The summed E-state index contributed by atoms with van der Waals surface area (Å²) in [5.74, 6) is -0.345. The third kappa shape index (κ3) is 3.90. The Morgan fingerprint density at radius 2 is 2.07 bits per heavy atom. The van der Waals surface area contributed by atoms with Gasteiger partial charge in [-0.25, -0.2) is 4.39 Å². The SMILES string of the molecule is C=C(/C(F)=C\C=C/N)C1(Nc2ccc(-c3ccc(C(N)=O)s3)nn2)CCC1. The first kappa shape index (κ1) is 18.8. The second-order valence-electron chi connectivity index (χ2n) is 6.27. The molecule has 0 aliphatic heterocycles. The normalized spacial score (nSPS) is 16.1. The molecule has 27 heavy (non-hydrogen) atoms. The topological polar surface area (TPSA) is 107 Å². The fourth-order valence-electron chi connectivity index (χ4n) is 2.89. The van der Waals surface area contributed by atoms with Gasteiger partial charge in [0.05, 0.1) is 15.3 Å². The number of carbonyl (C=O) groups is 1. The molecule has 0 unspecified atom stereocenters. The van der Waals surface area contributed by atoms with Crippen molar-refractivity contribution in [3.05, 3.63) is 65.5 Å². The first-order chi connectivity index (χ1) is 12.9. The van der Waals surface area contributed by atoms with Crippen LogP contribution in [0.4, 0.5) is 10.2 Å². The molecule has 0 radical (unpaired) electrons. The minimum Gasteiger partial charge on any atom is -0.405 e. The maximum atomic E-state index is 14.3. The van der Waals surface area contributed by atoms with Gasteiger partial charge in [0.25, 0.3) is 5.91 Å². The zero-order valence-electron chi connectivity index (χ0n) is 14.6. The molecule has 0 spiro atoms. The zero-order valence-corrected chi connectivity index (χ0v) is 15.4. The molecule has 2 aromatic heterocycles. The van der Waals surface area contributed by atoms with Gasteiger partial charge in [-0.3, -0.25) is 4.79 Å². The van der Waals surface area contributed by atoms with E-state index in [0.717, 1.165) is 24.1 Å². The summed E-state index contributed by atoms with van der Waals surface area (Å²) < 4.78 is 14.3. The summed E-state index contributed by atoms with van der Waals surface area (Å²) in [5, 5.41) is 11.7. The number of thiophene rings is 1. The molecule has 0 aromatic carbocycles. The molecule has 1 aliphatic rings. The molecule has 1 amide bonds. The Morgan fingerprint density at radius 3 is 2.59 bits per heavy atom. The predicted octanol–water partition coefficient (Wildman–Crippen LogP) is 3.52. The van der Waals surface area contributed by atoms with Crippen molar-refractivity contribution in [2.75, 3.05) is 5.32 Å². The van der Waals surface area contributed by atoms with Crippen LogP contribution >= 0.6 is 11.3 Å². The molecule has 2 heterocycles. The molecule has 1 fully saturated rings. The second-order valence-corrected chi connectivity index (χ2v) is 7.35. The summed E-state index contributed by atoms with van der Waals surface area (Å²) in [7, 11) is 0. The van der Waals surface area contributed by atoms with E-state index in [2.05, 4.69) is 22.1 Å². The quantitative estimate of drug-likeness (QED) is 0.632. The number of aromatic nitrogens is 2. The number of carbonyl (C=O) groups excluding carboxylic acids is 1. The van der Waals surface area contributed by atoms with Crippen molar-refractivity contribution < 1.29 is 9.18 Å². The van der Waals surface area contributed by atoms with Gasteiger partial charge < -0.3 is 16.8 Å². The van der Waals surface area contributed by atoms with E-state index < -0.39 is 17.3 Å². The zero-order chi connectivity index (χ0) is 19.4. The molecule has 140 valence electrons. The van der Waals surface area contributed by atoms with E-state index in [-0.39, 0.29) is 0 Å². The molecule has 0 bridgehead atoms. The van der Waals surface area contributed by atoms with Gasteiger partial charge in [-0.1, -0.05) is 6.58 Å². The van der Waals surface area contributed by atoms with Crippen LogP contribution in [0.2, 0.25) is 0 Å². The van der Waals surface area contributed by atoms with Gasteiger partial charge in [0.15, 0.2) is 0 Å². The van der Waals surface area contributed by atoms with Crippen LogP contribution in [0.1, 0.15) is 28.9 Å². The highest BCUT2D eigenvalue weighted by Gasteiger charge is 2.41. The molecule has 6 nitrogen and oxygen atoms in total.